The predicted octanol–water partition coefficient (Wildman–Crippen LogP) is 1.54. The van der Waals surface area contributed by atoms with E-state index in [2.05, 4.69) is 15.7 Å². The fourth-order valence-electron chi connectivity index (χ4n) is 3.39. The number of nitrogens with zero attached hydrogens (tertiary/aromatic N) is 2. The number of hydrogen-bond donors (Lipinski definition) is 2. The lowest BCUT2D eigenvalue weighted by Crippen LogP contribution is -2.29. The van der Waals surface area contributed by atoms with Crippen molar-refractivity contribution in [1.29, 1.82) is 0 Å². The quantitative estimate of drug-likeness (QED) is 0.747. The lowest BCUT2D eigenvalue weighted by atomic mass is 9.98. The van der Waals surface area contributed by atoms with E-state index in [1.807, 2.05) is 23.9 Å². The van der Waals surface area contributed by atoms with Gasteiger partial charge in [0.1, 0.15) is 9.84 Å². The maximum Gasteiger partial charge on any atom is 0.251 e. The van der Waals surface area contributed by atoms with Crippen molar-refractivity contribution in [3.8, 4) is 0 Å². The summed E-state index contributed by atoms with van der Waals surface area (Å²) in [7, 11) is -3.09. The van der Waals surface area contributed by atoms with Gasteiger partial charge in [0, 0.05) is 36.5 Å². The fraction of sp³-hybridized carbons (Fsp3) is 0.556. The maximum absolute atomic E-state index is 12.4. The molecule has 1 aliphatic rings. The average molecular weight is 415 g/mol. The highest BCUT2D eigenvalue weighted by atomic mass is 35.5. The zero-order chi connectivity index (χ0) is 18.7. The number of amides is 1. The Balaban J connectivity index is 0.00000261. The summed E-state index contributed by atoms with van der Waals surface area (Å²) in [5.74, 6) is 0.317. The largest absolute Gasteiger partial charge is 0.351 e. The predicted molar refractivity (Wildman–Crippen MR) is 109 cm³/mol. The van der Waals surface area contributed by atoms with Gasteiger partial charge in [-0.15, -0.1) is 12.4 Å². The third kappa shape index (κ3) is 5.67. The molecule has 0 unspecified atom stereocenters. The first-order valence-corrected chi connectivity index (χ1v) is 11.0. The van der Waals surface area contributed by atoms with Crippen molar-refractivity contribution in [3.05, 3.63) is 29.5 Å². The summed E-state index contributed by atoms with van der Waals surface area (Å²) in [6.45, 7) is 5.03. The molecule has 2 aromatic rings. The van der Waals surface area contributed by atoms with Gasteiger partial charge in [0.15, 0.2) is 0 Å². The van der Waals surface area contributed by atoms with E-state index in [0.717, 1.165) is 55.2 Å². The van der Waals surface area contributed by atoms with E-state index in [4.69, 9.17) is 0 Å². The summed E-state index contributed by atoms with van der Waals surface area (Å²) in [4.78, 5) is 12.4. The van der Waals surface area contributed by atoms with Crippen LogP contribution < -0.4 is 10.6 Å². The molecule has 0 saturated carbocycles. The molecule has 0 bridgehead atoms. The topological polar surface area (TPSA) is 93.1 Å². The SMILES string of the molecule is Cc1c(C(=O)NCCS(C)(=O)=O)ccc2nn(CC3CCNCC3)cc12.Cl. The number of carbonyl (C=O) groups is 1. The number of halogens is 1. The number of fused-ring (bicyclic) bond motifs is 1. The van der Waals surface area contributed by atoms with Gasteiger partial charge >= 0.3 is 0 Å². The van der Waals surface area contributed by atoms with E-state index in [9.17, 15) is 13.2 Å². The van der Waals surface area contributed by atoms with Gasteiger partial charge in [-0.2, -0.15) is 5.10 Å². The molecular formula is C18H27ClN4O3S. The Hall–Kier alpha value is -1.64. The molecule has 2 N–H and O–H groups in total. The number of aromatic nitrogens is 2. The molecule has 0 radical (unpaired) electrons. The highest BCUT2D eigenvalue weighted by molar-refractivity contribution is 7.90. The number of sulfone groups is 1. The van der Waals surface area contributed by atoms with E-state index < -0.39 is 9.84 Å². The normalized spacial score (nSPS) is 15.5. The average Bonchev–Trinajstić information content (AvgIpc) is 2.98. The lowest BCUT2D eigenvalue weighted by Gasteiger charge is -2.22. The van der Waals surface area contributed by atoms with Crippen LogP contribution in [0.15, 0.2) is 18.3 Å². The van der Waals surface area contributed by atoms with Crippen LogP contribution in [0, 0.1) is 12.8 Å². The van der Waals surface area contributed by atoms with Gasteiger partial charge < -0.3 is 10.6 Å². The first-order valence-electron chi connectivity index (χ1n) is 8.97. The van der Waals surface area contributed by atoms with Gasteiger partial charge in [-0.05, 0) is 56.5 Å². The van der Waals surface area contributed by atoms with Crippen molar-refractivity contribution >= 4 is 39.1 Å². The minimum atomic E-state index is -3.09. The number of hydrogen-bond acceptors (Lipinski definition) is 5. The molecule has 150 valence electrons. The molecular weight excluding hydrogens is 388 g/mol. The summed E-state index contributed by atoms with van der Waals surface area (Å²) < 4.78 is 24.4. The Morgan fingerprint density at radius 3 is 2.70 bits per heavy atom. The Morgan fingerprint density at radius 2 is 2.04 bits per heavy atom. The van der Waals surface area contributed by atoms with Gasteiger partial charge in [-0.1, -0.05) is 0 Å². The Morgan fingerprint density at radius 1 is 1.33 bits per heavy atom. The Bertz CT molecular complexity index is 905. The van der Waals surface area contributed by atoms with Crippen molar-refractivity contribution in [3.63, 3.8) is 0 Å². The van der Waals surface area contributed by atoms with E-state index in [1.165, 1.54) is 0 Å². The minimum absolute atomic E-state index is 0. The van der Waals surface area contributed by atoms with Crippen LogP contribution in [0.5, 0.6) is 0 Å². The molecule has 9 heteroatoms. The summed E-state index contributed by atoms with van der Waals surface area (Å²) >= 11 is 0. The van der Waals surface area contributed by atoms with Crippen LogP contribution in [-0.2, 0) is 16.4 Å². The van der Waals surface area contributed by atoms with Gasteiger partial charge in [0.05, 0.1) is 11.3 Å². The smallest absolute Gasteiger partial charge is 0.251 e. The zero-order valence-corrected chi connectivity index (χ0v) is 17.3. The van der Waals surface area contributed by atoms with Crippen LogP contribution in [0.4, 0.5) is 0 Å². The number of rotatable bonds is 6. The van der Waals surface area contributed by atoms with Crippen LogP contribution in [-0.4, -0.2) is 55.7 Å². The highest BCUT2D eigenvalue weighted by Crippen LogP contribution is 2.22. The molecule has 3 rings (SSSR count). The van der Waals surface area contributed by atoms with E-state index in [1.54, 1.807) is 6.07 Å². The van der Waals surface area contributed by atoms with Gasteiger partial charge in [0.25, 0.3) is 5.91 Å². The molecule has 1 aromatic carbocycles. The standard InChI is InChI=1S/C18H26N4O3S.ClH/c1-13-15(18(23)20-9-10-26(2,24)25)3-4-17-16(13)12-22(21-17)11-14-5-7-19-8-6-14;/h3-4,12,14,19H,5-11H2,1-2H3,(H,20,23);1H. The fourth-order valence-corrected chi connectivity index (χ4v) is 3.87. The van der Waals surface area contributed by atoms with E-state index in [0.29, 0.717) is 11.5 Å². The summed E-state index contributed by atoms with van der Waals surface area (Å²) in [5.41, 5.74) is 2.31. The Labute approximate surface area is 166 Å². The number of benzene rings is 1. The third-order valence-electron chi connectivity index (χ3n) is 4.91. The van der Waals surface area contributed by atoms with Crippen molar-refractivity contribution in [1.82, 2.24) is 20.4 Å². The van der Waals surface area contributed by atoms with Gasteiger partial charge in [-0.25, -0.2) is 8.42 Å². The maximum atomic E-state index is 12.4. The van der Waals surface area contributed by atoms with Gasteiger partial charge in [-0.3, -0.25) is 9.48 Å². The monoisotopic (exact) mass is 414 g/mol. The molecule has 0 aliphatic carbocycles. The molecule has 1 aliphatic heterocycles. The van der Waals surface area contributed by atoms with Crippen molar-refractivity contribution in [2.24, 2.45) is 5.92 Å². The second-order valence-electron chi connectivity index (χ2n) is 7.10. The summed E-state index contributed by atoms with van der Waals surface area (Å²) in [6, 6.07) is 3.61. The number of aryl methyl sites for hydroxylation is 1. The van der Waals surface area contributed by atoms with E-state index >= 15 is 0 Å². The molecule has 27 heavy (non-hydrogen) atoms. The molecule has 0 spiro atoms. The molecule has 1 aromatic heterocycles. The summed E-state index contributed by atoms with van der Waals surface area (Å²) in [6.07, 6.45) is 5.49. The minimum Gasteiger partial charge on any atom is -0.351 e. The first-order chi connectivity index (χ1) is 12.3. The third-order valence-corrected chi connectivity index (χ3v) is 5.86. The second kappa shape index (κ2) is 9.03. The second-order valence-corrected chi connectivity index (χ2v) is 9.36. The van der Waals surface area contributed by atoms with Crippen LogP contribution in [0.1, 0.15) is 28.8 Å². The number of nitrogens with one attached hydrogen (secondary N) is 2. The molecule has 1 amide bonds. The molecule has 7 nitrogen and oxygen atoms in total. The van der Waals surface area contributed by atoms with Crippen molar-refractivity contribution < 1.29 is 13.2 Å². The van der Waals surface area contributed by atoms with Crippen LogP contribution in [0.2, 0.25) is 0 Å². The molecule has 0 atom stereocenters. The van der Waals surface area contributed by atoms with Crippen molar-refractivity contribution in [2.75, 3.05) is 31.6 Å². The van der Waals surface area contributed by atoms with Gasteiger partial charge in [0.2, 0.25) is 0 Å². The van der Waals surface area contributed by atoms with E-state index in [-0.39, 0.29) is 30.6 Å². The Kier molecular flexibility index (Phi) is 7.25. The highest BCUT2D eigenvalue weighted by Gasteiger charge is 2.17. The van der Waals surface area contributed by atoms with Crippen molar-refractivity contribution in [2.45, 2.75) is 26.3 Å². The van der Waals surface area contributed by atoms with Crippen LogP contribution in [0.3, 0.4) is 0 Å². The number of piperidine rings is 1. The first kappa shape index (κ1) is 21.7. The van der Waals surface area contributed by atoms with Crippen LogP contribution >= 0.6 is 12.4 Å². The molecule has 1 fully saturated rings. The molecule has 2 heterocycles. The zero-order valence-electron chi connectivity index (χ0n) is 15.7. The molecule has 1 saturated heterocycles. The lowest BCUT2D eigenvalue weighted by molar-refractivity contribution is 0.0955. The van der Waals surface area contributed by atoms with Crippen LogP contribution in [0.25, 0.3) is 10.9 Å². The number of carbonyl (C=O) groups excluding carboxylic acids is 1. The summed E-state index contributed by atoms with van der Waals surface area (Å²) in [5, 5.41) is 11.7.